The topological polar surface area (TPSA) is 93.1 Å². The molecule has 0 aliphatic carbocycles. The number of rotatable bonds is 9. The molecular formula is C23H23NO6S. The molecule has 162 valence electrons. The van der Waals surface area contributed by atoms with E-state index >= 15 is 0 Å². The van der Waals surface area contributed by atoms with Crippen molar-refractivity contribution in [2.24, 2.45) is 0 Å². The number of nitrogens with zero attached hydrogens (tertiary/aromatic N) is 1. The van der Waals surface area contributed by atoms with Crippen molar-refractivity contribution in [3.8, 4) is 11.5 Å². The zero-order valence-corrected chi connectivity index (χ0v) is 18.0. The van der Waals surface area contributed by atoms with E-state index in [1.54, 1.807) is 18.2 Å². The van der Waals surface area contributed by atoms with E-state index in [1.165, 1.54) is 42.8 Å². The molecule has 3 aromatic carbocycles. The van der Waals surface area contributed by atoms with E-state index in [9.17, 15) is 13.2 Å². The highest BCUT2D eigenvalue weighted by atomic mass is 32.2. The van der Waals surface area contributed by atoms with E-state index in [1.807, 2.05) is 30.3 Å². The minimum Gasteiger partial charge on any atom is -0.493 e. The number of aromatic carboxylic acids is 1. The molecule has 0 heterocycles. The van der Waals surface area contributed by atoms with Crippen molar-refractivity contribution < 1.29 is 27.8 Å². The van der Waals surface area contributed by atoms with Crippen LogP contribution in [0.3, 0.4) is 0 Å². The lowest BCUT2D eigenvalue weighted by molar-refractivity contribution is 0.0697. The van der Waals surface area contributed by atoms with Gasteiger partial charge in [0.25, 0.3) is 0 Å². The summed E-state index contributed by atoms with van der Waals surface area (Å²) in [7, 11) is -0.975. The zero-order chi connectivity index (χ0) is 22.4. The van der Waals surface area contributed by atoms with Gasteiger partial charge in [0.2, 0.25) is 10.0 Å². The summed E-state index contributed by atoms with van der Waals surface area (Å²) in [5, 5.41) is 9.09. The monoisotopic (exact) mass is 441 g/mol. The molecule has 0 aliphatic rings. The molecule has 0 aliphatic heterocycles. The lowest BCUT2D eigenvalue weighted by Crippen LogP contribution is -2.30. The summed E-state index contributed by atoms with van der Waals surface area (Å²) in [6.07, 6.45) is 0. The van der Waals surface area contributed by atoms with Crippen molar-refractivity contribution in [1.82, 2.24) is 4.31 Å². The fraction of sp³-hybridized carbons (Fsp3) is 0.174. The summed E-state index contributed by atoms with van der Waals surface area (Å²) in [6.45, 7) is 0.226. The first-order valence-electron chi connectivity index (χ1n) is 9.43. The van der Waals surface area contributed by atoms with Crippen LogP contribution in [0.1, 0.15) is 21.5 Å². The van der Waals surface area contributed by atoms with Gasteiger partial charge in [0, 0.05) is 19.2 Å². The molecule has 0 saturated heterocycles. The van der Waals surface area contributed by atoms with Crippen LogP contribution < -0.4 is 9.47 Å². The number of carboxylic acid groups (broad SMARTS) is 1. The first-order chi connectivity index (χ1) is 14.8. The largest absolute Gasteiger partial charge is 0.493 e. The van der Waals surface area contributed by atoms with E-state index in [-0.39, 0.29) is 23.5 Å². The molecule has 31 heavy (non-hydrogen) atoms. The Hall–Kier alpha value is -3.36. The van der Waals surface area contributed by atoms with Gasteiger partial charge in [-0.05, 0) is 35.4 Å². The molecule has 1 N–H and O–H groups in total. The SMILES string of the molecule is COc1ccc(S(=O)(=O)N(Cc2ccccc2)Cc2ccc(C(=O)O)cc2)cc1OC. The summed E-state index contributed by atoms with van der Waals surface area (Å²) in [6, 6.07) is 19.9. The van der Waals surface area contributed by atoms with Crippen LogP contribution in [0.25, 0.3) is 0 Å². The Kier molecular flexibility index (Phi) is 6.94. The maximum Gasteiger partial charge on any atom is 0.335 e. The van der Waals surface area contributed by atoms with E-state index < -0.39 is 16.0 Å². The van der Waals surface area contributed by atoms with Crippen molar-refractivity contribution in [2.75, 3.05) is 14.2 Å². The second-order valence-corrected chi connectivity index (χ2v) is 8.72. The molecule has 0 amide bonds. The van der Waals surface area contributed by atoms with Gasteiger partial charge < -0.3 is 14.6 Å². The average Bonchev–Trinajstić information content (AvgIpc) is 2.79. The molecule has 0 fully saturated rings. The number of sulfonamides is 1. The van der Waals surface area contributed by atoms with Gasteiger partial charge in [-0.1, -0.05) is 42.5 Å². The molecular weight excluding hydrogens is 418 g/mol. The lowest BCUT2D eigenvalue weighted by atomic mass is 10.1. The number of carboxylic acids is 1. The van der Waals surface area contributed by atoms with Gasteiger partial charge in [-0.2, -0.15) is 4.31 Å². The van der Waals surface area contributed by atoms with E-state index in [0.29, 0.717) is 17.1 Å². The standard InChI is InChI=1S/C23H23NO6S/c1-29-21-13-12-20(14-22(21)30-2)31(27,28)24(15-17-6-4-3-5-7-17)16-18-8-10-19(11-9-18)23(25)26/h3-14H,15-16H2,1-2H3,(H,25,26). The predicted molar refractivity (Wildman–Crippen MR) is 116 cm³/mol. The number of hydrogen-bond donors (Lipinski definition) is 1. The van der Waals surface area contributed by atoms with Crippen LogP contribution in [0, 0.1) is 0 Å². The molecule has 3 rings (SSSR count). The van der Waals surface area contributed by atoms with Gasteiger partial charge >= 0.3 is 5.97 Å². The van der Waals surface area contributed by atoms with Crippen LogP contribution in [0.5, 0.6) is 11.5 Å². The first-order valence-corrected chi connectivity index (χ1v) is 10.9. The third-order valence-electron chi connectivity index (χ3n) is 4.75. The number of benzene rings is 3. The number of methoxy groups -OCH3 is 2. The fourth-order valence-electron chi connectivity index (χ4n) is 3.10. The van der Waals surface area contributed by atoms with E-state index in [0.717, 1.165) is 5.56 Å². The van der Waals surface area contributed by atoms with Gasteiger partial charge in [0.1, 0.15) is 0 Å². The number of carbonyl (C=O) groups is 1. The highest BCUT2D eigenvalue weighted by Gasteiger charge is 2.26. The summed E-state index contributed by atoms with van der Waals surface area (Å²) in [5.41, 5.74) is 1.64. The molecule has 0 atom stereocenters. The molecule has 0 bridgehead atoms. The zero-order valence-electron chi connectivity index (χ0n) is 17.2. The Bertz CT molecular complexity index is 1140. The van der Waals surface area contributed by atoms with Crippen LogP contribution in [0.4, 0.5) is 0 Å². The summed E-state index contributed by atoms with van der Waals surface area (Å²) < 4.78 is 38.9. The van der Waals surface area contributed by atoms with Crippen LogP contribution in [-0.4, -0.2) is 38.0 Å². The molecule has 0 saturated carbocycles. The van der Waals surface area contributed by atoms with Crippen molar-refractivity contribution in [3.05, 3.63) is 89.5 Å². The molecule has 7 nitrogen and oxygen atoms in total. The lowest BCUT2D eigenvalue weighted by Gasteiger charge is -2.23. The van der Waals surface area contributed by atoms with E-state index in [2.05, 4.69) is 0 Å². The normalized spacial score (nSPS) is 11.3. The maximum absolute atomic E-state index is 13.5. The highest BCUT2D eigenvalue weighted by molar-refractivity contribution is 7.89. The second kappa shape index (κ2) is 9.63. The van der Waals surface area contributed by atoms with Crippen molar-refractivity contribution in [3.63, 3.8) is 0 Å². The van der Waals surface area contributed by atoms with Crippen molar-refractivity contribution in [1.29, 1.82) is 0 Å². The Labute approximate surface area is 181 Å². The van der Waals surface area contributed by atoms with Crippen molar-refractivity contribution in [2.45, 2.75) is 18.0 Å². The third-order valence-corrected chi connectivity index (χ3v) is 6.54. The third kappa shape index (κ3) is 5.22. The smallest absolute Gasteiger partial charge is 0.335 e. The highest BCUT2D eigenvalue weighted by Crippen LogP contribution is 2.31. The van der Waals surface area contributed by atoms with Crippen LogP contribution in [0.2, 0.25) is 0 Å². The van der Waals surface area contributed by atoms with Gasteiger partial charge in [0.15, 0.2) is 11.5 Å². The second-order valence-electron chi connectivity index (χ2n) is 6.78. The molecule has 0 unspecified atom stereocenters. The number of ether oxygens (including phenoxy) is 2. The summed E-state index contributed by atoms with van der Waals surface area (Å²) >= 11 is 0. The Balaban J connectivity index is 1.99. The van der Waals surface area contributed by atoms with Crippen molar-refractivity contribution >= 4 is 16.0 Å². The Morgan fingerprint density at radius 3 is 1.97 bits per heavy atom. The minimum atomic E-state index is -3.90. The molecule has 8 heteroatoms. The first kappa shape index (κ1) is 22.3. The van der Waals surface area contributed by atoms with E-state index in [4.69, 9.17) is 14.6 Å². The number of hydrogen-bond acceptors (Lipinski definition) is 5. The maximum atomic E-state index is 13.5. The molecule has 0 radical (unpaired) electrons. The van der Waals surface area contributed by atoms with Gasteiger partial charge in [-0.3, -0.25) is 0 Å². The molecule has 0 aromatic heterocycles. The minimum absolute atomic E-state index is 0.0724. The van der Waals surface area contributed by atoms with Crippen LogP contribution in [-0.2, 0) is 23.1 Å². The van der Waals surface area contributed by atoms with Crippen LogP contribution >= 0.6 is 0 Å². The predicted octanol–water partition coefficient (Wildman–Crippen LogP) is 3.79. The van der Waals surface area contributed by atoms with Gasteiger partial charge in [-0.15, -0.1) is 0 Å². The fourth-order valence-corrected chi connectivity index (χ4v) is 4.53. The molecule has 3 aromatic rings. The molecule has 0 spiro atoms. The Morgan fingerprint density at radius 2 is 1.42 bits per heavy atom. The average molecular weight is 442 g/mol. The van der Waals surface area contributed by atoms with Gasteiger partial charge in [0.05, 0.1) is 24.7 Å². The van der Waals surface area contributed by atoms with Gasteiger partial charge in [-0.25, -0.2) is 13.2 Å². The summed E-state index contributed by atoms with van der Waals surface area (Å²) in [5.74, 6) is -0.292. The summed E-state index contributed by atoms with van der Waals surface area (Å²) in [4.78, 5) is 11.2. The quantitative estimate of drug-likeness (QED) is 0.543. The Morgan fingerprint density at radius 1 is 0.839 bits per heavy atom. The van der Waals surface area contributed by atoms with Crippen LogP contribution in [0.15, 0.2) is 77.7 Å².